The first-order valence-corrected chi connectivity index (χ1v) is 10.1. The van der Waals surface area contributed by atoms with Crippen molar-refractivity contribution in [3.05, 3.63) is 59.7 Å². The fraction of sp³-hybridized carbons (Fsp3) is 0.348. The molecule has 0 saturated heterocycles. The van der Waals surface area contributed by atoms with E-state index in [1.807, 2.05) is 39.0 Å². The Morgan fingerprint density at radius 2 is 1.71 bits per heavy atom. The van der Waals surface area contributed by atoms with Crippen LogP contribution in [0.15, 0.2) is 48.5 Å². The summed E-state index contributed by atoms with van der Waals surface area (Å²) in [7, 11) is 0. The number of hydrogen-bond donors (Lipinski definition) is 2. The van der Waals surface area contributed by atoms with E-state index in [0.717, 1.165) is 12.0 Å². The average Bonchev–Trinajstić information content (AvgIpc) is 2.78. The number of rotatable bonds is 10. The lowest BCUT2D eigenvalue weighted by atomic mass is 10.2. The van der Waals surface area contributed by atoms with Gasteiger partial charge in [0.25, 0.3) is 11.8 Å². The molecule has 0 aliphatic heterocycles. The van der Waals surface area contributed by atoms with E-state index < -0.39 is 23.9 Å². The molecule has 0 aliphatic rings. The molecule has 0 aromatic heterocycles. The van der Waals surface area contributed by atoms with Crippen molar-refractivity contribution in [2.75, 3.05) is 13.2 Å². The lowest BCUT2D eigenvalue weighted by Crippen LogP contribution is -2.49. The summed E-state index contributed by atoms with van der Waals surface area (Å²) in [4.78, 5) is 36.0. The Bertz CT molecular complexity index is 882. The Hall–Kier alpha value is -3.55. The van der Waals surface area contributed by atoms with Gasteiger partial charge in [-0.25, -0.2) is 4.79 Å². The monoisotopic (exact) mass is 428 g/mol. The molecule has 8 heteroatoms. The van der Waals surface area contributed by atoms with Gasteiger partial charge in [-0.15, -0.1) is 0 Å². The fourth-order valence-corrected chi connectivity index (χ4v) is 2.54. The van der Waals surface area contributed by atoms with Gasteiger partial charge in [0, 0.05) is 0 Å². The number of carbonyl (C=O) groups excluding carboxylic acids is 3. The molecule has 2 aromatic rings. The molecule has 1 atom stereocenters. The van der Waals surface area contributed by atoms with Crippen LogP contribution >= 0.6 is 0 Å². The smallest absolute Gasteiger partial charge is 0.338 e. The SMILES string of the molecule is CCCOC(=O)c1ccc(OCC(=O)NNC(=O)C(CC)Oc2cccc(C)c2)cc1. The first-order valence-electron chi connectivity index (χ1n) is 10.1. The third-order valence-electron chi connectivity index (χ3n) is 4.15. The third-order valence-corrected chi connectivity index (χ3v) is 4.15. The number of esters is 1. The third kappa shape index (κ3) is 8.00. The summed E-state index contributed by atoms with van der Waals surface area (Å²) in [5, 5.41) is 0. The van der Waals surface area contributed by atoms with Crippen LogP contribution in [0.3, 0.4) is 0 Å². The maximum Gasteiger partial charge on any atom is 0.338 e. The maximum absolute atomic E-state index is 12.3. The van der Waals surface area contributed by atoms with Crippen molar-refractivity contribution >= 4 is 17.8 Å². The van der Waals surface area contributed by atoms with Crippen molar-refractivity contribution in [3.8, 4) is 11.5 Å². The van der Waals surface area contributed by atoms with Gasteiger partial charge >= 0.3 is 5.97 Å². The lowest BCUT2D eigenvalue weighted by molar-refractivity contribution is -0.134. The van der Waals surface area contributed by atoms with Crippen molar-refractivity contribution in [1.29, 1.82) is 0 Å². The molecule has 2 rings (SSSR count). The molecule has 2 amide bonds. The Morgan fingerprint density at radius 3 is 2.35 bits per heavy atom. The van der Waals surface area contributed by atoms with Crippen molar-refractivity contribution in [1.82, 2.24) is 10.9 Å². The number of carbonyl (C=O) groups is 3. The van der Waals surface area contributed by atoms with Gasteiger partial charge in [0.15, 0.2) is 12.7 Å². The first-order chi connectivity index (χ1) is 14.9. The van der Waals surface area contributed by atoms with Crippen LogP contribution in [0, 0.1) is 6.92 Å². The fourth-order valence-electron chi connectivity index (χ4n) is 2.54. The van der Waals surface area contributed by atoms with Gasteiger partial charge in [0.05, 0.1) is 12.2 Å². The van der Waals surface area contributed by atoms with Crippen molar-refractivity contribution in [3.63, 3.8) is 0 Å². The minimum absolute atomic E-state index is 0.310. The summed E-state index contributed by atoms with van der Waals surface area (Å²) in [5.74, 6) is -0.425. The number of amides is 2. The van der Waals surface area contributed by atoms with E-state index >= 15 is 0 Å². The minimum atomic E-state index is -0.747. The minimum Gasteiger partial charge on any atom is -0.484 e. The van der Waals surface area contributed by atoms with Gasteiger partial charge in [0.1, 0.15) is 11.5 Å². The van der Waals surface area contributed by atoms with Crippen LogP contribution in [0.5, 0.6) is 11.5 Å². The standard InChI is InChI=1S/C23H28N2O6/c1-4-13-29-23(28)17-9-11-18(12-10-17)30-15-21(26)24-25-22(27)20(5-2)31-19-8-6-7-16(3)14-19/h6-12,14,20H,4-5,13,15H2,1-3H3,(H,24,26)(H,25,27). The van der Waals surface area contributed by atoms with Crippen LogP contribution in [-0.2, 0) is 14.3 Å². The van der Waals surface area contributed by atoms with Gasteiger partial charge < -0.3 is 14.2 Å². The van der Waals surface area contributed by atoms with E-state index in [1.54, 1.807) is 30.3 Å². The topological polar surface area (TPSA) is 103 Å². The quantitative estimate of drug-likeness (QED) is 0.446. The summed E-state index contributed by atoms with van der Waals surface area (Å²) in [6.45, 7) is 5.71. The Balaban J connectivity index is 1.76. The summed E-state index contributed by atoms with van der Waals surface area (Å²) < 4.78 is 16.1. The van der Waals surface area contributed by atoms with Crippen molar-refractivity contribution in [2.24, 2.45) is 0 Å². The largest absolute Gasteiger partial charge is 0.484 e. The van der Waals surface area contributed by atoms with Crippen LogP contribution in [0.2, 0.25) is 0 Å². The zero-order valence-corrected chi connectivity index (χ0v) is 18.0. The number of hydrazine groups is 1. The van der Waals surface area contributed by atoms with Crippen molar-refractivity contribution < 1.29 is 28.6 Å². The highest BCUT2D eigenvalue weighted by Gasteiger charge is 2.19. The van der Waals surface area contributed by atoms with E-state index in [4.69, 9.17) is 14.2 Å². The Morgan fingerprint density at radius 1 is 0.968 bits per heavy atom. The van der Waals surface area contributed by atoms with E-state index in [1.165, 1.54) is 0 Å². The number of hydrogen-bond acceptors (Lipinski definition) is 6. The van der Waals surface area contributed by atoms with Crippen LogP contribution < -0.4 is 20.3 Å². The summed E-state index contributed by atoms with van der Waals surface area (Å²) >= 11 is 0. The van der Waals surface area contributed by atoms with Crippen LogP contribution in [0.4, 0.5) is 0 Å². The summed E-state index contributed by atoms with van der Waals surface area (Å²) in [6.07, 6.45) is 0.428. The zero-order chi connectivity index (χ0) is 22.6. The second-order valence-electron chi connectivity index (χ2n) is 6.82. The predicted octanol–water partition coefficient (Wildman–Crippen LogP) is 2.95. The van der Waals surface area contributed by atoms with E-state index in [-0.39, 0.29) is 6.61 Å². The van der Waals surface area contributed by atoms with Gasteiger partial charge in [-0.3, -0.25) is 20.4 Å². The molecule has 0 spiro atoms. The Labute approximate surface area is 181 Å². The van der Waals surface area contributed by atoms with Gasteiger partial charge in [0.2, 0.25) is 0 Å². The van der Waals surface area contributed by atoms with E-state index in [2.05, 4.69) is 10.9 Å². The molecule has 2 aromatic carbocycles. The number of aryl methyl sites for hydroxylation is 1. The molecule has 0 saturated carbocycles. The molecule has 166 valence electrons. The highest BCUT2D eigenvalue weighted by Crippen LogP contribution is 2.15. The normalized spacial score (nSPS) is 11.2. The van der Waals surface area contributed by atoms with Crippen LogP contribution in [-0.4, -0.2) is 37.1 Å². The number of nitrogens with one attached hydrogen (secondary N) is 2. The molecule has 8 nitrogen and oxygen atoms in total. The molecule has 0 bridgehead atoms. The van der Waals surface area contributed by atoms with E-state index in [9.17, 15) is 14.4 Å². The molecule has 1 unspecified atom stereocenters. The first kappa shape index (κ1) is 23.7. The van der Waals surface area contributed by atoms with Crippen molar-refractivity contribution in [2.45, 2.75) is 39.7 Å². The maximum atomic E-state index is 12.3. The second-order valence-corrected chi connectivity index (χ2v) is 6.82. The highest BCUT2D eigenvalue weighted by atomic mass is 16.5. The van der Waals surface area contributed by atoms with Crippen LogP contribution in [0.25, 0.3) is 0 Å². The zero-order valence-electron chi connectivity index (χ0n) is 18.0. The van der Waals surface area contributed by atoms with Gasteiger partial charge in [-0.05, 0) is 61.7 Å². The number of ether oxygens (including phenoxy) is 3. The average molecular weight is 428 g/mol. The van der Waals surface area contributed by atoms with Crippen LogP contribution in [0.1, 0.15) is 42.6 Å². The Kier molecular flexibility index (Phi) is 9.35. The second kappa shape index (κ2) is 12.2. The molecule has 31 heavy (non-hydrogen) atoms. The number of benzene rings is 2. The predicted molar refractivity (Wildman–Crippen MR) is 115 cm³/mol. The molecule has 2 N–H and O–H groups in total. The summed E-state index contributed by atoms with van der Waals surface area (Å²) in [6, 6.07) is 13.6. The lowest BCUT2D eigenvalue weighted by Gasteiger charge is -2.18. The van der Waals surface area contributed by atoms with Gasteiger partial charge in [-0.2, -0.15) is 0 Å². The van der Waals surface area contributed by atoms with Gasteiger partial charge in [-0.1, -0.05) is 26.0 Å². The molecular weight excluding hydrogens is 400 g/mol. The molecule has 0 heterocycles. The molecule has 0 radical (unpaired) electrons. The summed E-state index contributed by atoms with van der Waals surface area (Å²) in [5.41, 5.74) is 6.06. The van der Waals surface area contributed by atoms with E-state index in [0.29, 0.717) is 30.1 Å². The highest BCUT2D eigenvalue weighted by molar-refractivity contribution is 5.89. The molecule has 0 aliphatic carbocycles. The molecular formula is C23H28N2O6. The molecule has 0 fully saturated rings.